The van der Waals surface area contributed by atoms with Crippen molar-refractivity contribution in [3.8, 4) is 0 Å². The molecule has 7 nitrogen and oxygen atoms in total. The first kappa shape index (κ1) is 19.9. The van der Waals surface area contributed by atoms with E-state index in [4.69, 9.17) is 11.6 Å². The van der Waals surface area contributed by atoms with Gasteiger partial charge in [-0.3, -0.25) is 9.59 Å². The lowest BCUT2D eigenvalue weighted by Crippen LogP contribution is -2.59. The molecule has 0 bridgehead atoms. The second-order valence-electron chi connectivity index (χ2n) is 6.21. The zero-order valence-corrected chi connectivity index (χ0v) is 15.3. The number of pyridine rings is 2. The van der Waals surface area contributed by atoms with Crippen molar-refractivity contribution in [2.24, 2.45) is 0 Å². The van der Waals surface area contributed by atoms with E-state index >= 15 is 0 Å². The van der Waals surface area contributed by atoms with Crippen molar-refractivity contribution in [2.45, 2.75) is 19.1 Å². The lowest BCUT2D eigenvalue weighted by molar-refractivity contribution is -0.137. The standard InChI is InChI=1S/C17H15ClF3N5O2/c1-9(27)24-14-4-10(2-3-22-14)16(28)25-12-7-26(8-12)15-13(18)5-11(6-23-15)17(19,20)21/h2-6,12H,7-8H2,1H3,(H,25,28)(H,22,24,27). The van der Waals surface area contributed by atoms with Gasteiger partial charge < -0.3 is 15.5 Å². The number of carbonyl (C=O) groups is 2. The smallest absolute Gasteiger partial charge is 0.351 e. The molecular formula is C17H15ClF3N5O2. The van der Waals surface area contributed by atoms with E-state index in [1.54, 1.807) is 4.90 Å². The Labute approximate surface area is 162 Å². The molecule has 2 amide bonds. The molecule has 0 spiro atoms. The average Bonchev–Trinajstić information content (AvgIpc) is 2.57. The maximum atomic E-state index is 12.7. The van der Waals surface area contributed by atoms with E-state index in [2.05, 4.69) is 20.6 Å². The van der Waals surface area contributed by atoms with Gasteiger partial charge in [-0.05, 0) is 18.2 Å². The molecule has 0 atom stereocenters. The van der Waals surface area contributed by atoms with Crippen LogP contribution in [0.1, 0.15) is 22.8 Å². The summed E-state index contributed by atoms with van der Waals surface area (Å²) in [6.07, 6.45) is -2.38. The predicted octanol–water partition coefficient (Wildman–Crippen LogP) is 2.73. The number of carbonyl (C=O) groups excluding carboxylic acids is 2. The molecule has 1 saturated heterocycles. The number of hydrogen-bond donors (Lipinski definition) is 2. The van der Waals surface area contributed by atoms with Crippen LogP contribution in [0.4, 0.5) is 24.8 Å². The van der Waals surface area contributed by atoms with Gasteiger partial charge in [-0.25, -0.2) is 9.97 Å². The van der Waals surface area contributed by atoms with Crippen LogP contribution in [-0.4, -0.2) is 40.9 Å². The number of aromatic nitrogens is 2. The summed E-state index contributed by atoms with van der Waals surface area (Å²) in [5.74, 6) is -0.168. The van der Waals surface area contributed by atoms with Gasteiger partial charge in [0.05, 0.1) is 16.6 Å². The van der Waals surface area contributed by atoms with Crippen LogP contribution in [0.25, 0.3) is 0 Å². The molecule has 11 heteroatoms. The molecule has 1 fully saturated rings. The van der Waals surface area contributed by atoms with E-state index < -0.39 is 11.7 Å². The molecule has 0 unspecified atom stereocenters. The number of amides is 2. The summed E-state index contributed by atoms with van der Waals surface area (Å²) in [6, 6.07) is 3.56. The Morgan fingerprint density at radius 1 is 1.25 bits per heavy atom. The Hall–Kier alpha value is -2.88. The molecule has 28 heavy (non-hydrogen) atoms. The first-order valence-corrected chi connectivity index (χ1v) is 8.53. The SMILES string of the molecule is CC(=O)Nc1cc(C(=O)NC2CN(c3ncc(C(F)(F)F)cc3Cl)C2)ccn1. The van der Waals surface area contributed by atoms with Gasteiger partial charge in [-0.2, -0.15) is 13.2 Å². The van der Waals surface area contributed by atoms with Crippen LogP contribution in [0, 0.1) is 0 Å². The van der Waals surface area contributed by atoms with E-state index in [0.29, 0.717) is 18.7 Å². The fourth-order valence-corrected chi connectivity index (χ4v) is 2.94. The summed E-state index contributed by atoms with van der Waals surface area (Å²) in [6.45, 7) is 2.04. The maximum absolute atomic E-state index is 12.7. The molecule has 0 aromatic carbocycles. The lowest BCUT2D eigenvalue weighted by atomic mass is 10.1. The number of hydrogen-bond acceptors (Lipinski definition) is 5. The number of halogens is 4. The highest BCUT2D eigenvalue weighted by atomic mass is 35.5. The van der Waals surface area contributed by atoms with E-state index in [1.165, 1.54) is 25.3 Å². The predicted molar refractivity (Wildman–Crippen MR) is 96.3 cm³/mol. The summed E-state index contributed by atoms with van der Waals surface area (Å²) < 4.78 is 38.0. The number of nitrogens with zero attached hydrogens (tertiary/aromatic N) is 3. The first-order valence-electron chi connectivity index (χ1n) is 8.15. The van der Waals surface area contributed by atoms with Gasteiger partial charge in [-0.1, -0.05) is 11.6 Å². The Balaban J connectivity index is 1.59. The van der Waals surface area contributed by atoms with Gasteiger partial charge in [0, 0.05) is 38.0 Å². The Kier molecular flexibility index (Phi) is 5.41. The van der Waals surface area contributed by atoms with Gasteiger partial charge in [0.15, 0.2) is 0 Å². The third-order valence-electron chi connectivity index (χ3n) is 3.99. The molecular weight excluding hydrogens is 399 g/mol. The molecule has 0 radical (unpaired) electrons. The van der Waals surface area contributed by atoms with Gasteiger partial charge in [0.1, 0.15) is 11.6 Å². The third-order valence-corrected chi connectivity index (χ3v) is 4.27. The summed E-state index contributed by atoms with van der Waals surface area (Å²) >= 11 is 5.92. The van der Waals surface area contributed by atoms with Crippen molar-refractivity contribution in [1.29, 1.82) is 0 Å². The van der Waals surface area contributed by atoms with E-state index in [-0.39, 0.29) is 34.5 Å². The third kappa shape index (κ3) is 4.50. The summed E-state index contributed by atoms with van der Waals surface area (Å²) in [4.78, 5) is 32.8. The minimum atomic E-state index is -4.51. The number of nitrogens with one attached hydrogen (secondary N) is 2. The normalized spacial score (nSPS) is 14.4. The monoisotopic (exact) mass is 413 g/mol. The summed E-state index contributed by atoms with van der Waals surface area (Å²) in [7, 11) is 0. The molecule has 1 aliphatic heterocycles. The quantitative estimate of drug-likeness (QED) is 0.804. The van der Waals surface area contributed by atoms with Crippen LogP contribution < -0.4 is 15.5 Å². The van der Waals surface area contributed by atoms with Crippen LogP contribution >= 0.6 is 11.6 Å². The van der Waals surface area contributed by atoms with E-state index in [1.807, 2.05) is 0 Å². The van der Waals surface area contributed by atoms with Gasteiger partial charge >= 0.3 is 6.18 Å². The Morgan fingerprint density at radius 3 is 2.57 bits per heavy atom. The summed E-state index contributed by atoms with van der Waals surface area (Å²) in [5, 5.41) is 5.18. The highest BCUT2D eigenvalue weighted by molar-refractivity contribution is 6.33. The second-order valence-corrected chi connectivity index (χ2v) is 6.62. The minimum absolute atomic E-state index is 0.103. The number of rotatable bonds is 4. The summed E-state index contributed by atoms with van der Waals surface area (Å²) in [5.41, 5.74) is -0.595. The highest BCUT2D eigenvalue weighted by Gasteiger charge is 2.34. The Bertz CT molecular complexity index is 916. The van der Waals surface area contributed by atoms with Crippen molar-refractivity contribution >= 4 is 35.1 Å². The van der Waals surface area contributed by atoms with Crippen molar-refractivity contribution in [3.63, 3.8) is 0 Å². The first-order chi connectivity index (χ1) is 13.1. The molecule has 0 saturated carbocycles. The molecule has 3 rings (SSSR count). The zero-order chi connectivity index (χ0) is 20.5. The van der Waals surface area contributed by atoms with Crippen LogP contribution in [0.2, 0.25) is 5.02 Å². The minimum Gasteiger partial charge on any atom is -0.351 e. The maximum Gasteiger partial charge on any atom is 0.417 e. The topological polar surface area (TPSA) is 87.2 Å². The van der Waals surface area contributed by atoms with Crippen molar-refractivity contribution in [1.82, 2.24) is 15.3 Å². The molecule has 1 aliphatic rings. The molecule has 2 aromatic rings. The average molecular weight is 414 g/mol. The van der Waals surface area contributed by atoms with Gasteiger partial charge in [0.25, 0.3) is 5.91 Å². The van der Waals surface area contributed by atoms with Crippen LogP contribution in [-0.2, 0) is 11.0 Å². The van der Waals surface area contributed by atoms with Crippen LogP contribution in [0.15, 0.2) is 30.6 Å². The number of anilines is 2. The fourth-order valence-electron chi connectivity index (χ4n) is 2.65. The molecule has 2 N–H and O–H groups in total. The molecule has 3 heterocycles. The zero-order valence-electron chi connectivity index (χ0n) is 14.5. The van der Waals surface area contributed by atoms with Crippen molar-refractivity contribution in [3.05, 3.63) is 46.7 Å². The molecule has 0 aliphatic carbocycles. The largest absolute Gasteiger partial charge is 0.417 e. The molecule has 148 valence electrons. The van der Waals surface area contributed by atoms with Crippen LogP contribution in [0.5, 0.6) is 0 Å². The van der Waals surface area contributed by atoms with Crippen molar-refractivity contribution < 1.29 is 22.8 Å². The van der Waals surface area contributed by atoms with Crippen LogP contribution in [0.3, 0.4) is 0 Å². The highest BCUT2D eigenvalue weighted by Crippen LogP contribution is 2.34. The van der Waals surface area contributed by atoms with E-state index in [9.17, 15) is 22.8 Å². The Morgan fingerprint density at radius 2 is 1.96 bits per heavy atom. The van der Waals surface area contributed by atoms with Gasteiger partial charge in [-0.15, -0.1) is 0 Å². The van der Waals surface area contributed by atoms with Crippen molar-refractivity contribution in [2.75, 3.05) is 23.3 Å². The number of alkyl halides is 3. The van der Waals surface area contributed by atoms with Gasteiger partial charge in [0.2, 0.25) is 5.91 Å². The fraction of sp³-hybridized carbons (Fsp3) is 0.294. The second kappa shape index (κ2) is 7.63. The lowest BCUT2D eigenvalue weighted by Gasteiger charge is -2.40. The van der Waals surface area contributed by atoms with E-state index in [0.717, 1.165) is 12.3 Å². The molecule has 2 aromatic heterocycles.